The summed E-state index contributed by atoms with van der Waals surface area (Å²) in [5, 5.41) is 21.8. The van der Waals surface area contributed by atoms with Crippen molar-refractivity contribution in [1.29, 1.82) is 5.41 Å². The lowest BCUT2D eigenvalue weighted by molar-refractivity contribution is -0.141. The predicted octanol–water partition coefficient (Wildman–Crippen LogP) is 4.42. The van der Waals surface area contributed by atoms with Crippen molar-refractivity contribution in [3.8, 4) is 0 Å². The highest BCUT2D eigenvalue weighted by Crippen LogP contribution is 2.42. The Morgan fingerprint density at radius 1 is 1.33 bits per heavy atom. The first-order valence-electron chi connectivity index (χ1n) is 10.4. The average Bonchev–Trinajstić information content (AvgIpc) is 2.76. The van der Waals surface area contributed by atoms with Gasteiger partial charge in [0.2, 0.25) is 0 Å². The second kappa shape index (κ2) is 9.04. The first-order valence-corrected chi connectivity index (χ1v) is 11.2. The van der Waals surface area contributed by atoms with E-state index in [4.69, 9.17) is 10.5 Å². The van der Waals surface area contributed by atoms with Crippen LogP contribution < -0.4 is 5.32 Å². The van der Waals surface area contributed by atoms with Gasteiger partial charge in [-0.15, -0.1) is 0 Å². The highest BCUT2D eigenvalue weighted by atomic mass is 32.2. The average molecular weight is 426 g/mol. The number of nitrogens with one attached hydrogen (secondary N) is 2. The molecule has 8 heteroatoms. The molecule has 1 fully saturated rings. The number of carbonyl (C=O) groups is 1. The maximum absolute atomic E-state index is 11.0. The normalized spacial score (nSPS) is 16.9. The van der Waals surface area contributed by atoms with E-state index in [1.807, 2.05) is 0 Å². The van der Waals surface area contributed by atoms with Crippen molar-refractivity contribution in [1.82, 2.24) is 14.9 Å². The number of aromatic nitrogens is 2. The molecule has 4 rings (SSSR count). The standard InChI is InChI=1S/C22H27N5O2S/c1-14(22(28)29)2-3-15-6-10-27(11-7-15)19(23)13-16-4-5-18-17(12-16)26-20-21(30-18)25-9-8-24-20/h4-5,8-9,12,14-15,23H,2-3,6-7,10-11,13H2,1H3,(H,24,26)(H,28,29). The molecule has 158 valence electrons. The molecule has 1 aromatic heterocycles. The van der Waals surface area contributed by atoms with Gasteiger partial charge in [-0.25, -0.2) is 9.97 Å². The van der Waals surface area contributed by atoms with Crippen LogP contribution in [0, 0.1) is 17.2 Å². The van der Waals surface area contributed by atoms with E-state index in [0.29, 0.717) is 18.2 Å². The van der Waals surface area contributed by atoms with Crippen molar-refractivity contribution in [3.05, 3.63) is 36.2 Å². The maximum Gasteiger partial charge on any atom is 0.306 e. The third kappa shape index (κ3) is 4.75. The minimum atomic E-state index is -0.706. The monoisotopic (exact) mass is 425 g/mol. The number of benzene rings is 1. The molecule has 7 nitrogen and oxygen atoms in total. The minimum Gasteiger partial charge on any atom is -0.481 e. The van der Waals surface area contributed by atoms with Crippen LogP contribution in [-0.4, -0.2) is 44.9 Å². The van der Waals surface area contributed by atoms with Crippen molar-refractivity contribution < 1.29 is 9.90 Å². The SMILES string of the molecule is CC(CCC1CCN(C(=N)Cc2ccc3c(c2)Nc2nccnc2S3)CC1)C(=O)O. The van der Waals surface area contributed by atoms with E-state index in [-0.39, 0.29) is 5.92 Å². The lowest BCUT2D eigenvalue weighted by Crippen LogP contribution is -2.39. The van der Waals surface area contributed by atoms with E-state index in [1.54, 1.807) is 31.1 Å². The Hall–Kier alpha value is -2.61. The van der Waals surface area contributed by atoms with Gasteiger partial charge in [0.05, 0.1) is 11.6 Å². The second-order valence-electron chi connectivity index (χ2n) is 8.14. The van der Waals surface area contributed by atoms with E-state index >= 15 is 0 Å². The van der Waals surface area contributed by atoms with E-state index in [0.717, 1.165) is 65.8 Å². The van der Waals surface area contributed by atoms with Crippen LogP contribution >= 0.6 is 11.8 Å². The summed E-state index contributed by atoms with van der Waals surface area (Å²) in [6.07, 6.45) is 7.76. The van der Waals surface area contributed by atoms with Crippen LogP contribution in [0.15, 0.2) is 40.5 Å². The highest BCUT2D eigenvalue weighted by molar-refractivity contribution is 7.99. The lowest BCUT2D eigenvalue weighted by Gasteiger charge is -2.34. The fourth-order valence-corrected chi connectivity index (χ4v) is 4.88. The summed E-state index contributed by atoms with van der Waals surface area (Å²) in [4.78, 5) is 23.0. The van der Waals surface area contributed by atoms with Gasteiger partial charge in [-0.2, -0.15) is 0 Å². The molecule has 0 spiro atoms. The molecule has 3 heterocycles. The number of piperidine rings is 1. The van der Waals surface area contributed by atoms with Gasteiger partial charge >= 0.3 is 5.97 Å². The molecule has 1 aromatic carbocycles. The number of hydrogen-bond donors (Lipinski definition) is 3. The van der Waals surface area contributed by atoms with Crippen molar-refractivity contribution in [2.75, 3.05) is 18.4 Å². The maximum atomic E-state index is 11.0. The zero-order chi connectivity index (χ0) is 21.1. The first kappa shape index (κ1) is 20.7. The molecule has 2 aliphatic rings. The van der Waals surface area contributed by atoms with Crippen molar-refractivity contribution in [2.24, 2.45) is 11.8 Å². The molecule has 0 bridgehead atoms. The van der Waals surface area contributed by atoms with Gasteiger partial charge in [0.25, 0.3) is 0 Å². The Morgan fingerprint density at radius 2 is 2.10 bits per heavy atom. The summed E-state index contributed by atoms with van der Waals surface area (Å²) < 4.78 is 0. The van der Waals surface area contributed by atoms with Crippen molar-refractivity contribution >= 4 is 35.1 Å². The summed E-state index contributed by atoms with van der Waals surface area (Å²) in [6.45, 7) is 3.55. The van der Waals surface area contributed by atoms with Crippen LogP contribution in [0.5, 0.6) is 0 Å². The van der Waals surface area contributed by atoms with Crippen molar-refractivity contribution in [3.63, 3.8) is 0 Å². The molecular weight excluding hydrogens is 398 g/mol. The Kier molecular flexibility index (Phi) is 6.22. The number of amidine groups is 1. The number of carboxylic acids is 1. The fraction of sp³-hybridized carbons (Fsp3) is 0.455. The number of nitrogens with zero attached hydrogens (tertiary/aromatic N) is 3. The minimum absolute atomic E-state index is 0.268. The van der Waals surface area contributed by atoms with Gasteiger partial charge < -0.3 is 15.3 Å². The topological polar surface area (TPSA) is 102 Å². The lowest BCUT2D eigenvalue weighted by atomic mass is 9.89. The van der Waals surface area contributed by atoms with Crippen LogP contribution in [0.3, 0.4) is 0 Å². The quantitative estimate of drug-likeness (QED) is 0.397. The van der Waals surface area contributed by atoms with E-state index in [1.165, 1.54) is 0 Å². The molecule has 1 atom stereocenters. The number of fused-ring (bicyclic) bond motifs is 2. The molecular formula is C22H27N5O2S. The smallest absolute Gasteiger partial charge is 0.306 e. The Morgan fingerprint density at radius 3 is 2.87 bits per heavy atom. The number of aliphatic carboxylic acids is 1. The van der Waals surface area contributed by atoms with Gasteiger partial charge in [0.1, 0.15) is 10.9 Å². The van der Waals surface area contributed by atoms with Gasteiger partial charge in [0.15, 0.2) is 5.82 Å². The third-order valence-electron chi connectivity index (χ3n) is 5.97. The molecule has 3 N–H and O–H groups in total. The third-order valence-corrected chi connectivity index (χ3v) is 7.03. The zero-order valence-corrected chi connectivity index (χ0v) is 17.9. The van der Waals surface area contributed by atoms with Gasteiger partial charge in [-0.3, -0.25) is 10.2 Å². The molecule has 0 aliphatic carbocycles. The molecule has 0 amide bonds. The molecule has 1 unspecified atom stereocenters. The predicted molar refractivity (Wildman–Crippen MR) is 118 cm³/mol. The number of anilines is 2. The largest absolute Gasteiger partial charge is 0.481 e. The number of rotatable bonds is 6. The van der Waals surface area contributed by atoms with Gasteiger partial charge in [0, 0.05) is 36.8 Å². The molecule has 2 aromatic rings. The molecule has 0 saturated carbocycles. The molecule has 2 aliphatic heterocycles. The van der Waals surface area contributed by atoms with E-state index < -0.39 is 5.97 Å². The van der Waals surface area contributed by atoms with Gasteiger partial charge in [-0.1, -0.05) is 24.8 Å². The Labute approximate surface area is 180 Å². The molecule has 30 heavy (non-hydrogen) atoms. The summed E-state index contributed by atoms with van der Waals surface area (Å²) in [5.74, 6) is 1.03. The number of carboxylic acid groups (broad SMARTS) is 1. The molecule has 1 saturated heterocycles. The second-order valence-corrected chi connectivity index (χ2v) is 9.17. The first-order chi connectivity index (χ1) is 14.5. The highest BCUT2D eigenvalue weighted by Gasteiger charge is 2.23. The zero-order valence-electron chi connectivity index (χ0n) is 17.1. The van der Waals surface area contributed by atoms with E-state index in [2.05, 4.69) is 38.4 Å². The van der Waals surface area contributed by atoms with Crippen LogP contribution in [0.25, 0.3) is 0 Å². The number of likely N-dealkylation sites (tertiary alicyclic amines) is 1. The van der Waals surface area contributed by atoms with Crippen LogP contribution in [0.1, 0.15) is 38.2 Å². The van der Waals surface area contributed by atoms with Crippen molar-refractivity contribution in [2.45, 2.75) is 48.9 Å². The Balaban J connectivity index is 1.30. The van der Waals surface area contributed by atoms with Crippen LogP contribution in [-0.2, 0) is 11.2 Å². The number of hydrogen-bond acceptors (Lipinski definition) is 6. The summed E-state index contributed by atoms with van der Waals surface area (Å²) in [5.41, 5.74) is 2.13. The summed E-state index contributed by atoms with van der Waals surface area (Å²) in [7, 11) is 0. The summed E-state index contributed by atoms with van der Waals surface area (Å²) in [6, 6.07) is 6.28. The summed E-state index contributed by atoms with van der Waals surface area (Å²) >= 11 is 1.61. The van der Waals surface area contributed by atoms with Gasteiger partial charge in [-0.05, 0) is 49.3 Å². The Bertz CT molecular complexity index is 943. The van der Waals surface area contributed by atoms with Crippen LogP contribution in [0.2, 0.25) is 0 Å². The fourth-order valence-electron chi connectivity index (χ4n) is 4.00. The van der Waals surface area contributed by atoms with Crippen LogP contribution in [0.4, 0.5) is 11.5 Å². The molecule has 0 radical (unpaired) electrons. The van der Waals surface area contributed by atoms with E-state index in [9.17, 15) is 4.79 Å².